The molecule has 1 saturated heterocycles. The number of nitrogens with one attached hydrogen (secondary N) is 3. The van der Waals surface area contributed by atoms with Gasteiger partial charge in [0, 0.05) is 42.5 Å². The van der Waals surface area contributed by atoms with Crippen LogP contribution in [0.25, 0.3) is 0 Å². The highest BCUT2D eigenvalue weighted by atomic mass is 19.1. The number of ether oxygens (including phenoxy) is 2. The van der Waals surface area contributed by atoms with Crippen molar-refractivity contribution in [2.24, 2.45) is 5.73 Å². The molecule has 1 amide bonds. The van der Waals surface area contributed by atoms with E-state index in [0.717, 1.165) is 18.3 Å². The second kappa shape index (κ2) is 10.1. The molecule has 12 heteroatoms. The van der Waals surface area contributed by atoms with Crippen LogP contribution in [0.2, 0.25) is 0 Å². The fraction of sp³-hybridized carbons (Fsp3) is 0.320. The van der Waals surface area contributed by atoms with Crippen LogP contribution in [0, 0.1) is 11.6 Å². The van der Waals surface area contributed by atoms with Gasteiger partial charge < -0.3 is 36.1 Å². The lowest BCUT2D eigenvalue weighted by Crippen LogP contribution is -2.43. The van der Waals surface area contributed by atoms with Crippen LogP contribution < -0.4 is 31.3 Å². The van der Waals surface area contributed by atoms with Crippen LogP contribution in [0.15, 0.2) is 30.3 Å². The average Bonchev–Trinajstić information content (AvgIpc) is 3.33. The number of benzene rings is 2. The van der Waals surface area contributed by atoms with Crippen LogP contribution in [-0.2, 0) is 11.2 Å². The van der Waals surface area contributed by atoms with Gasteiger partial charge in [0.05, 0.1) is 37.3 Å². The number of nitrogens with two attached hydrogens (primary N) is 1. The first-order chi connectivity index (χ1) is 17.8. The van der Waals surface area contributed by atoms with E-state index in [1.807, 2.05) is 18.2 Å². The molecule has 5 rings (SSSR count). The lowest BCUT2D eigenvalue weighted by Gasteiger charge is -2.35. The van der Waals surface area contributed by atoms with Gasteiger partial charge in [-0.05, 0) is 31.5 Å². The zero-order chi connectivity index (χ0) is 26.1. The molecule has 2 aromatic carbocycles. The van der Waals surface area contributed by atoms with Crippen molar-refractivity contribution >= 4 is 40.6 Å². The molecule has 37 heavy (non-hydrogen) atoms. The molecule has 194 valence electrons. The smallest absolute Gasteiger partial charge is 0.253 e. The lowest BCUT2D eigenvalue weighted by atomic mass is 10.1. The van der Waals surface area contributed by atoms with E-state index in [9.17, 15) is 13.6 Å². The van der Waals surface area contributed by atoms with Gasteiger partial charge in [0.25, 0.3) is 5.91 Å². The Morgan fingerprint density at radius 1 is 1.22 bits per heavy atom. The Hall–Kier alpha value is -4.19. The predicted octanol–water partition coefficient (Wildman–Crippen LogP) is 3.54. The summed E-state index contributed by atoms with van der Waals surface area (Å²) in [6, 6.07) is 7.63. The molecule has 1 fully saturated rings. The summed E-state index contributed by atoms with van der Waals surface area (Å²) in [4.78, 5) is 23.2. The Morgan fingerprint density at radius 2 is 2.05 bits per heavy atom. The molecule has 2 aliphatic rings. The number of methoxy groups -OCH3 is 1. The van der Waals surface area contributed by atoms with Gasteiger partial charge in [-0.2, -0.15) is 9.97 Å². The Labute approximate surface area is 212 Å². The number of halogens is 2. The molecule has 1 aromatic heterocycles. The third-order valence-corrected chi connectivity index (χ3v) is 6.36. The van der Waals surface area contributed by atoms with Crippen LogP contribution in [-0.4, -0.2) is 55.3 Å². The number of carbonyl (C=O) groups excluding carboxylic acids is 1. The van der Waals surface area contributed by atoms with Crippen molar-refractivity contribution in [1.29, 1.82) is 0 Å². The molecule has 0 unspecified atom stereocenters. The van der Waals surface area contributed by atoms with Crippen molar-refractivity contribution in [1.82, 2.24) is 9.97 Å². The fourth-order valence-electron chi connectivity index (χ4n) is 4.58. The largest absolute Gasteiger partial charge is 0.494 e. The second-order valence-electron chi connectivity index (χ2n) is 8.83. The van der Waals surface area contributed by atoms with Crippen molar-refractivity contribution in [3.63, 3.8) is 0 Å². The number of primary amides is 1. The van der Waals surface area contributed by atoms with Gasteiger partial charge in [-0.1, -0.05) is 0 Å². The highest BCUT2D eigenvalue weighted by molar-refractivity contribution is 5.99. The zero-order valence-corrected chi connectivity index (χ0v) is 20.4. The Balaban J connectivity index is 1.47. The van der Waals surface area contributed by atoms with Crippen LogP contribution in [0.4, 0.5) is 43.4 Å². The molecule has 10 nitrogen and oxygen atoms in total. The number of anilines is 6. The number of morpholine rings is 1. The topological polar surface area (TPSA) is 127 Å². The highest BCUT2D eigenvalue weighted by Crippen LogP contribution is 2.36. The number of nitrogens with zero attached hydrogens (tertiary/aromatic N) is 3. The molecular formula is C25H27F2N7O3. The molecule has 5 N–H and O–H groups in total. The summed E-state index contributed by atoms with van der Waals surface area (Å²) < 4.78 is 39.5. The van der Waals surface area contributed by atoms with E-state index < -0.39 is 23.1 Å². The molecule has 0 aliphatic carbocycles. The summed E-state index contributed by atoms with van der Waals surface area (Å²) in [7, 11) is 1.58. The molecule has 3 aromatic rings. The molecular weight excluding hydrogens is 484 g/mol. The van der Waals surface area contributed by atoms with E-state index in [1.165, 1.54) is 0 Å². The van der Waals surface area contributed by atoms with Gasteiger partial charge in [0.1, 0.15) is 29.0 Å². The molecule has 0 spiro atoms. The maximum atomic E-state index is 14.3. The fourth-order valence-corrected chi connectivity index (χ4v) is 4.58. The maximum Gasteiger partial charge on any atom is 0.253 e. The maximum absolute atomic E-state index is 14.3. The molecule has 2 aliphatic heterocycles. The first kappa shape index (κ1) is 24.5. The minimum atomic E-state index is -1.06. The Bertz CT molecular complexity index is 1350. The number of amides is 1. The van der Waals surface area contributed by atoms with Crippen LogP contribution in [0.1, 0.15) is 22.8 Å². The zero-order valence-electron chi connectivity index (χ0n) is 20.4. The molecule has 3 heterocycles. The normalized spacial score (nSPS) is 16.6. The van der Waals surface area contributed by atoms with Gasteiger partial charge in [-0.3, -0.25) is 4.79 Å². The summed E-state index contributed by atoms with van der Waals surface area (Å²) >= 11 is 0. The number of rotatable bonds is 7. The Morgan fingerprint density at radius 3 is 2.81 bits per heavy atom. The summed E-state index contributed by atoms with van der Waals surface area (Å²) in [6.07, 6.45) is 0.581. The van der Waals surface area contributed by atoms with Crippen molar-refractivity contribution < 1.29 is 23.0 Å². The van der Waals surface area contributed by atoms with E-state index in [2.05, 4.69) is 37.7 Å². The Kier molecular flexibility index (Phi) is 6.66. The van der Waals surface area contributed by atoms with Crippen molar-refractivity contribution in [3.05, 3.63) is 53.1 Å². The van der Waals surface area contributed by atoms with Gasteiger partial charge in [0.15, 0.2) is 0 Å². The highest BCUT2D eigenvalue weighted by Gasteiger charge is 2.24. The van der Waals surface area contributed by atoms with Crippen LogP contribution in [0.3, 0.4) is 0 Å². The third kappa shape index (κ3) is 4.92. The second-order valence-corrected chi connectivity index (χ2v) is 8.83. The minimum absolute atomic E-state index is 0.120. The molecule has 0 saturated carbocycles. The standard InChI is InChI=1S/C25H27F2N7O3/c1-13-12-37-8-7-34(13)15-3-4-18(20(11-15)36-2)31-25-32-23-16(5-6-29-23)24(33-25)30-19-10-14(26)9-17(27)21(19)22(28)35/h3-4,9-11,13H,5-8,12H2,1-2H3,(H2,28,35)(H3,29,30,31,32,33)/t13-/m0/s1. The van der Waals surface area contributed by atoms with Gasteiger partial charge in [-0.15, -0.1) is 0 Å². The van der Waals surface area contributed by atoms with Crippen LogP contribution >= 0.6 is 0 Å². The summed E-state index contributed by atoms with van der Waals surface area (Å²) in [5.74, 6) is -1.27. The number of aromatic nitrogens is 2. The van der Waals surface area contributed by atoms with Crippen molar-refractivity contribution in [2.45, 2.75) is 19.4 Å². The van der Waals surface area contributed by atoms with Crippen molar-refractivity contribution in [2.75, 3.05) is 54.3 Å². The molecule has 1 atom stereocenters. The van der Waals surface area contributed by atoms with Gasteiger partial charge in [-0.25, -0.2) is 8.78 Å². The first-order valence-corrected chi connectivity index (χ1v) is 11.8. The SMILES string of the molecule is COc1cc(N2CCOC[C@@H]2C)ccc1Nc1nc2c(c(Nc3cc(F)cc(F)c3C(N)=O)n1)CCN2. The summed E-state index contributed by atoms with van der Waals surface area (Å²) in [5.41, 5.74) is 7.12. The predicted molar refractivity (Wildman–Crippen MR) is 136 cm³/mol. The number of hydrogen-bond acceptors (Lipinski definition) is 9. The molecule has 0 bridgehead atoms. The minimum Gasteiger partial charge on any atom is -0.494 e. The van der Waals surface area contributed by atoms with Crippen molar-refractivity contribution in [3.8, 4) is 5.75 Å². The van der Waals surface area contributed by atoms with E-state index in [1.54, 1.807) is 7.11 Å². The quantitative estimate of drug-likeness (QED) is 0.377. The lowest BCUT2D eigenvalue weighted by molar-refractivity contribution is 0.0989. The number of hydrogen-bond donors (Lipinski definition) is 4. The van der Waals surface area contributed by atoms with Crippen LogP contribution in [0.5, 0.6) is 5.75 Å². The molecule has 0 radical (unpaired) electrons. The third-order valence-electron chi connectivity index (χ3n) is 6.36. The number of carbonyl (C=O) groups is 1. The van der Waals surface area contributed by atoms with Gasteiger partial charge in [0.2, 0.25) is 5.95 Å². The first-order valence-electron chi connectivity index (χ1n) is 11.8. The monoisotopic (exact) mass is 511 g/mol. The van der Waals surface area contributed by atoms with E-state index in [0.29, 0.717) is 60.9 Å². The summed E-state index contributed by atoms with van der Waals surface area (Å²) in [6.45, 7) is 4.80. The van der Waals surface area contributed by atoms with E-state index in [-0.39, 0.29) is 17.7 Å². The number of fused-ring (bicyclic) bond motifs is 1. The average molecular weight is 512 g/mol. The van der Waals surface area contributed by atoms with E-state index in [4.69, 9.17) is 15.2 Å². The van der Waals surface area contributed by atoms with E-state index >= 15 is 0 Å². The van der Waals surface area contributed by atoms with Gasteiger partial charge >= 0.3 is 0 Å². The summed E-state index contributed by atoms with van der Waals surface area (Å²) in [5, 5.41) is 9.23.